The summed E-state index contributed by atoms with van der Waals surface area (Å²) in [7, 11) is 0. The van der Waals surface area contributed by atoms with Gasteiger partial charge in [-0.15, -0.1) is 0 Å². The van der Waals surface area contributed by atoms with E-state index in [-0.39, 0.29) is 5.69 Å². The Kier molecular flexibility index (Phi) is 6.59. The van der Waals surface area contributed by atoms with Crippen molar-refractivity contribution in [2.75, 3.05) is 0 Å². The summed E-state index contributed by atoms with van der Waals surface area (Å²) in [6.45, 7) is 4.98. The van der Waals surface area contributed by atoms with Crippen LogP contribution in [0.4, 0.5) is 4.39 Å². The predicted octanol–water partition coefficient (Wildman–Crippen LogP) is 4.81. The highest BCUT2D eigenvalue weighted by Crippen LogP contribution is 2.17. The molecule has 146 valence electrons. The molecule has 3 aromatic rings. The quantitative estimate of drug-likeness (QED) is 0.536. The lowest BCUT2D eigenvalue weighted by molar-refractivity contribution is 0.558. The van der Waals surface area contributed by atoms with E-state index in [1.54, 1.807) is 0 Å². The molecule has 0 atom stereocenters. The van der Waals surface area contributed by atoms with Crippen LogP contribution < -0.4 is 0 Å². The van der Waals surface area contributed by atoms with Crippen molar-refractivity contribution in [2.24, 2.45) is 0 Å². The van der Waals surface area contributed by atoms with Crippen molar-refractivity contribution in [3.8, 4) is 11.8 Å². The monoisotopic (exact) mass is 379 g/mol. The second kappa shape index (κ2) is 9.32. The zero-order chi connectivity index (χ0) is 19.9. The normalized spacial score (nSPS) is 10.9. The van der Waals surface area contributed by atoms with E-state index >= 15 is 0 Å². The third-order valence-electron chi connectivity index (χ3n) is 4.77. The molecule has 0 aliphatic heterocycles. The van der Waals surface area contributed by atoms with E-state index in [0.717, 1.165) is 55.7 Å². The Bertz CT molecular complexity index is 946. The first-order valence-electron chi connectivity index (χ1n) is 9.95. The minimum Gasteiger partial charge on any atom is -0.277 e. The lowest BCUT2D eigenvalue weighted by Gasteiger charge is -2.09. The molecule has 0 N–H and O–H groups in total. The molecular weight excluding hydrogens is 353 g/mol. The Balaban J connectivity index is 1.80. The summed E-state index contributed by atoms with van der Waals surface area (Å²) in [5.74, 6) is 1.50. The van der Waals surface area contributed by atoms with Gasteiger partial charge in [0.15, 0.2) is 11.8 Å². The number of unbranched alkanes of at least 4 members (excludes halogenated alkanes) is 2. The Hall–Kier alpha value is -2.94. The van der Waals surface area contributed by atoms with Crippen LogP contribution in [-0.2, 0) is 19.4 Å². The molecule has 6 heteroatoms. The van der Waals surface area contributed by atoms with Crippen molar-refractivity contribution < 1.29 is 4.39 Å². The van der Waals surface area contributed by atoms with E-state index < -0.39 is 5.95 Å². The number of hydrogen-bond acceptors (Lipinski definition) is 3. The van der Waals surface area contributed by atoms with Crippen molar-refractivity contribution in [1.29, 1.82) is 5.26 Å². The fourth-order valence-electron chi connectivity index (χ4n) is 3.20. The first kappa shape index (κ1) is 19.8. The first-order valence-corrected chi connectivity index (χ1v) is 9.95. The highest BCUT2D eigenvalue weighted by molar-refractivity contribution is 5.41. The number of nitrogens with zero attached hydrogens (tertiary/aromatic N) is 5. The Morgan fingerprint density at radius 2 is 1.71 bits per heavy atom. The summed E-state index contributed by atoms with van der Waals surface area (Å²) >= 11 is 0. The van der Waals surface area contributed by atoms with Gasteiger partial charge in [-0.05, 0) is 42.7 Å². The zero-order valence-electron chi connectivity index (χ0n) is 16.5. The molecule has 0 spiro atoms. The van der Waals surface area contributed by atoms with Gasteiger partial charge in [0.25, 0.3) is 0 Å². The molecule has 0 saturated heterocycles. The van der Waals surface area contributed by atoms with Crippen LogP contribution in [0.3, 0.4) is 0 Å². The highest BCUT2D eigenvalue weighted by Gasteiger charge is 2.12. The molecule has 0 aliphatic rings. The minimum absolute atomic E-state index is 0.281. The van der Waals surface area contributed by atoms with Gasteiger partial charge in [-0.3, -0.25) is 4.57 Å². The Morgan fingerprint density at radius 1 is 1.00 bits per heavy atom. The van der Waals surface area contributed by atoms with Crippen LogP contribution in [0.2, 0.25) is 0 Å². The molecule has 0 aliphatic carbocycles. The summed E-state index contributed by atoms with van der Waals surface area (Å²) in [6.07, 6.45) is 6.26. The Morgan fingerprint density at radius 3 is 2.39 bits per heavy atom. The second-order valence-electron chi connectivity index (χ2n) is 6.96. The van der Waals surface area contributed by atoms with Gasteiger partial charge in [-0.25, -0.2) is 9.67 Å². The van der Waals surface area contributed by atoms with Crippen molar-refractivity contribution in [2.45, 2.75) is 58.9 Å². The minimum atomic E-state index is -0.442. The van der Waals surface area contributed by atoms with Gasteiger partial charge >= 0.3 is 0 Å². The standard InChI is InChI=1S/C22H26FN5/c1-3-5-7-21-25-22(8-6-4-2)27(26-21)16-17-9-11-18(12-10-17)28-19(15-24)13-14-20(28)23/h9-14H,3-8,16H2,1-2H3. The SMILES string of the molecule is CCCCc1nc(CCCC)n(Cc2ccc(-n3c(F)ccc3C#N)cc2)n1. The lowest BCUT2D eigenvalue weighted by Crippen LogP contribution is -2.08. The molecule has 2 aromatic heterocycles. The van der Waals surface area contributed by atoms with Gasteiger partial charge in [0.1, 0.15) is 17.6 Å². The summed E-state index contributed by atoms with van der Waals surface area (Å²) < 4.78 is 17.3. The van der Waals surface area contributed by atoms with Crippen LogP contribution in [0.25, 0.3) is 5.69 Å². The third kappa shape index (κ3) is 4.48. The van der Waals surface area contributed by atoms with Crippen molar-refractivity contribution in [3.05, 3.63) is 65.3 Å². The van der Waals surface area contributed by atoms with Crippen LogP contribution >= 0.6 is 0 Å². The maximum atomic E-state index is 14.0. The van der Waals surface area contributed by atoms with E-state index in [2.05, 4.69) is 13.8 Å². The van der Waals surface area contributed by atoms with Crippen LogP contribution in [0.1, 0.15) is 62.4 Å². The second-order valence-corrected chi connectivity index (χ2v) is 6.96. The van der Waals surface area contributed by atoms with E-state index in [0.29, 0.717) is 12.2 Å². The molecule has 0 amide bonds. The van der Waals surface area contributed by atoms with Gasteiger partial charge < -0.3 is 0 Å². The number of hydrogen-bond donors (Lipinski definition) is 0. The summed E-state index contributed by atoms with van der Waals surface area (Å²) in [5.41, 5.74) is 1.99. The van der Waals surface area contributed by atoms with Crippen LogP contribution in [0.5, 0.6) is 0 Å². The maximum Gasteiger partial charge on any atom is 0.199 e. The van der Waals surface area contributed by atoms with Crippen molar-refractivity contribution >= 4 is 0 Å². The number of nitriles is 1. The van der Waals surface area contributed by atoms with Gasteiger partial charge in [-0.2, -0.15) is 14.8 Å². The molecule has 3 rings (SSSR count). The molecular formula is C22H26FN5. The molecule has 0 unspecified atom stereocenters. The molecule has 2 heterocycles. The van der Waals surface area contributed by atoms with Gasteiger partial charge in [0.05, 0.1) is 6.54 Å². The molecule has 5 nitrogen and oxygen atoms in total. The molecule has 1 aromatic carbocycles. The van der Waals surface area contributed by atoms with E-state index in [1.165, 1.54) is 16.7 Å². The van der Waals surface area contributed by atoms with Gasteiger partial charge in [-0.1, -0.05) is 38.8 Å². The van der Waals surface area contributed by atoms with Crippen LogP contribution in [-0.4, -0.2) is 19.3 Å². The van der Waals surface area contributed by atoms with Crippen LogP contribution in [0.15, 0.2) is 36.4 Å². The number of rotatable bonds is 9. The highest BCUT2D eigenvalue weighted by atomic mass is 19.1. The molecule has 0 radical (unpaired) electrons. The average molecular weight is 379 g/mol. The molecule has 0 fully saturated rings. The lowest BCUT2D eigenvalue weighted by atomic mass is 10.2. The number of benzene rings is 1. The molecule has 0 bridgehead atoms. The molecule has 28 heavy (non-hydrogen) atoms. The summed E-state index contributed by atoms with van der Waals surface area (Å²) in [5, 5.41) is 13.9. The fraction of sp³-hybridized carbons (Fsp3) is 0.409. The van der Waals surface area contributed by atoms with Crippen molar-refractivity contribution in [1.82, 2.24) is 19.3 Å². The van der Waals surface area contributed by atoms with Crippen molar-refractivity contribution in [3.63, 3.8) is 0 Å². The van der Waals surface area contributed by atoms with E-state index in [9.17, 15) is 4.39 Å². The van der Waals surface area contributed by atoms with Crippen LogP contribution in [0, 0.1) is 17.3 Å². The summed E-state index contributed by atoms with van der Waals surface area (Å²) in [4.78, 5) is 4.74. The molecule has 0 saturated carbocycles. The number of aromatic nitrogens is 4. The predicted molar refractivity (Wildman–Crippen MR) is 107 cm³/mol. The first-order chi connectivity index (χ1) is 13.7. The smallest absolute Gasteiger partial charge is 0.199 e. The average Bonchev–Trinajstić information content (AvgIpc) is 3.28. The van der Waals surface area contributed by atoms with Gasteiger partial charge in [0.2, 0.25) is 0 Å². The summed E-state index contributed by atoms with van der Waals surface area (Å²) in [6, 6.07) is 12.4. The number of aryl methyl sites for hydroxylation is 2. The fourth-order valence-corrected chi connectivity index (χ4v) is 3.20. The van der Waals surface area contributed by atoms with E-state index in [1.807, 2.05) is 35.0 Å². The topological polar surface area (TPSA) is 59.4 Å². The number of halogens is 1. The Labute approximate surface area is 165 Å². The maximum absolute atomic E-state index is 14.0. The van der Waals surface area contributed by atoms with Gasteiger partial charge in [0, 0.05) is 18.5 Å². The largest absolute Gasteiger partial charge is 0.277 e. The van der Waals surface area contributed by atoms with E-state index in [4.69, 9.17) is 15.3 Å². The zero-order valence-corrected chi connectivity index (χ0v) is 16.5. The third-order valence-corrected chi connectivity index (χ3v) is 4.77.